The van der Waals surface area contributed by atoms with Gasteiger partial charge in [0.05, 0.1) is 17.7 Å². The van der Waals surface area contributed by atoms with E-state index < -0.39 is 29.7 Å². The summed E-state index contributed by atoms with van der Waals surface area (Å²) in [6.07, 6.45) is 2.17. The molecule has 180 valence electrons. The summed E-state index contributed by atoms with van der Waals surface area (Å²) in [4.78, 5) is 62.5. The number of nitrogens with zero attached hydrogens (tertiary/aromatic N) is 1. The van der Waals surface area contributed by atoms with Gasteiger partial charge in [-0.25, -0.2) is 4.79 Å². The van der Waals surface area contributed by atoms with E-state index >= 15 is 0 Å². The number of anilines is 1. The Morgan fingerprint density at radius 3 is 2.71 bits per heavy atom. The zero-order valence-electron chi connectivity index (χ0n) is 18.9. The molecule has 0 bridgehead atoms. The molecule has 35 heavy (non-hydrogen) atoms. The zero-order chi connectivity index (χ0) is 24.5. The van der Waals surface area contributed by atoms with Crippen molar-refractivity contribution in [1.82, 2.24) is 15.5 Å². The smallest absolute Gasteiger partial charge is 0.319 e. The minimum absolute atomic E-state index is 0.0795. The zero-order valence-corrected chi connectivity index (χ0v) is 18.9. The molecule has 0 saturated carbocycles. The van der Waals surface area contributed by atoms with Gasteiger partial charge in [-0.2, -0.15) is 0 Å². The van der Waals surface area contributed by atoms with Crippen LogP contribution in [-0.4, -0.2) is 53.8 Å². The third-order valence-corrected chi connectivity index (χ3v) is 6.42. The maximum atomic E-state index is 12.9. The summed E-state index contributed by atoms with van der Waals surface area (Å²) in [6.45, 7) is 1.03. The molecule has 0 spiro atoms. The summed E-state index contributed by atoms with van der Waals surface area (Å²) in [7, 11) is 0. The van der Waals surface area contributed by atoms with Crippen LogP contribution in [0, 0.1) is 0 Å². The van der Waals surface area contributed by atoms with E-state index in [1.54, 1.807) is 18.2 Å². The summed E-state index contributed by atoms with van der Waals surface area (Å²) in [5.41, 5.74) is 3.07. The highest BCUT2D eigenvalue weighted by Crippen LogP contribution is 2.31. The molecule has 10 nitrogen and oxygen atoms in total. The number of rotatable bonds is 6. The van der Waals surface area contributed by atoms with Gasteiger partial charge in [0.25, 0.3) is 11.8 Å². The maximum Gasteiger partial charge on any atom is 0.319 e. The predicted molar refractivity (Wildman–Crippen MR) is 124 cm³/mol. The van der Waals surface area contributed by atoms with E-state index in [2.05, 4.69) is 16.0 Å². The van der Waals surface area contributed by atoms with Crippen molar-refractivity contribution in [2.75, 3.05) is 18.5 Å². The van der Waals surface area contributed by atoms with Crippen molar-refractivity contribution in [1.29, 1.82) is 0 Å². The molecule has 2 aromatic carbocycles. The Hall–Kier alpha value is -4.21. The Morgan fingerprint density at radius 2 is 1.89 bits per heavy atom. The summed E-state index contributed by atoms with van der Waals surface area (Å²) in [6, 6.07) is 9.29. The molecule has 1 atom stereocenters. The van der Waals surface area contributed by atoms with Gasteiger partial charge in [0, 0.05) is 30.6 Å². The van der Waals surface area contributed by atoms with E-state index in [4.69, 9.17) is 4.74 Å². The van der Waals surface area contributed by atoms with Crippen molar-refractivity contribution < 1.29 is 28.7 Å². The van der Waals surface area contributed by atoms with Gasteiger partial charge in [-0.15, -0.1) is 0 Å². The molecule has 2 aromatic rings. The molecule has 5 rings (SSSR count). The summed E-state index contributed by atoms with van der Waals surface area (Å²) in [5, 5.41) is 7.87. The second kappa shape index (κ2) is 9.21. The molecule has 0 radical (unpaired) electrons. The number of piperidine rings is 1. The number of benzene rings is 2. The number of ether oxygens (including phenoxy) is 1. The van der Waals surface area contributed by atoms with Gasteiger partial charge in [-0.3, -0.25) is 29.4 Å². The van der Waals surface area contributed by atoms with E-state index in [-0.39, 0.29) is 30.0 Å². The van der Waals surface area contributed by atoms with Crippen LogP contribution in [0.5, 0.6) is 5.75 Å². The first-order valence-electron chi connectivity index (χ1n) is 11.6. The summed E-state index contributed by atoms with van der Waals surface area (Å²) in [5.74, 6) is -1.30. The molecule has 10 heteroatoms. The van der Waals surface area contributed by atoms with Crippen molar-refractivity contribution >= 4 is 35.3 Å². The molecule has 1 unspecified atom stereocenters. The van der Waals surface area contributed by atoms with E-state index in [1.165, 1.54) is 0 Å². The van der Waals surface area contributed by atoms with Crippen LogP contribution in [0.2, 0.25) is 0 Å². The molecular formula is C25H24N4O6. The maximum absolute atomic E-state index is 12.9. The number of carbonyl (C=O) groups excluding carboxylic acids is 5. The SMILES string of the molecule is O=C1CCC(N2C(=O)c3ccc(CCCNC(=O)Nc4cccc5c4CCO5)cc3C2=O)C(=O)N1. The molecule has 0 aromatic heterocycles. The second-order valence-corrected chi connectivity index (χ2v) is 8.69. The lowest BCUT2D eigenvalue weighted by Crippen LogP contribution is -2.54. The monoisotopic (exact) mass is 476 g/mol. The number of urea groups is 1. The Morgan fingerprint density at radius 1 is 1.06 bits per heavy atom. The van der Waals surface area contributed by atoms with Crippen molar-refractivity contribution in [2.24, 2.45) is 0 Å². The molecular weight excluding hydrogens is 452 g/mol. The van der Waals surface area contributed by atoms with Crippen LogP contribution < -0.4 is 20.7 Å². The van der Waals surface area contributed by atoms with Crippen LogP contribution in [0.15, 0.2) is 36.4 Å². The van der Waals surface area contributed by atoms with E-state index in [1.807, 2.05) is 18.2 Å². The van der Waals surface area contributed by atoms with Crippen LogP contribution >= 0.6 is 0 Å². The third kappa shape index (κ3) is 4.34. The Labute approximate surface area is 201 Å². The number of aryl methyl sites for hydroxylation is 1. The molecule has 6 amide bonds. The Balaban J connectivity index is 1.15. The standard InChI is InChI=1S/C25H24N4O6/c30-21-9-8-19(22(31)28-21)29-23(32)15-7-6-14(13-17(15)24(29)33)3-2-11-26-25(34)27-18-4-1-5-20-16(18)10-12-35-20/h1,4-7,13,19H,2-3,8-12H2,(H2,26,27,34)(H,28,30,31). The number of imide groups is 2. The van der Waals surface area contributed by atoms with Gasteiger partial charge in [-0.1, -0.05) is 12.1 Å². The van der Waals surface area contributed by atoms with Crippen molar-refractivity contribution in [3.8, 4) is 5.75 Å². The number of hydrogen-bond acceptors (Lipinski definition) is 6. The third-order valence-electron chi connectivity index (χ3n) is 6.42. The van der Waals surface area contributed by atoms with Crippen LogP contribution in [0.1, 0.15) is 51.1 Å². The Kier molecular flexibility index (Phi) is 5.94. The highest BCUT2D eigenvalue weighted by Gasteiger charge is 2.44. The number of hydrogen-bond donors (Lipinski definition) is 3. The summed E-state index contributed by atoms with van der Waals surface area (Å²) >= 11 is 0. The molecule has 3 heterocycles. The van der Waals surface area contributed by atoms with E-state index in [9.17, 15) is 24.0 Å². The quantitative estimate of drug-likeness (QED) is 0.430. The number of amides is 6. The van der Waals surface area contributed by atoms with Gasteiger partial charge in [0.15, 0.2) is 0 Å². The summed E-state index contributed by atoms with van der Waals surface area (Å²) < 4.78 is 5.51. The first-order chi connectivity index (χ1) is 16.9. The minimum Gasteiger partial charge on any atom is -0.493 e. The van der Waals surface area contributed by atoms with Gasteiger partial charge in [0.1, 0.15) is 11.8 Å². The number of carbonyl (C=O) groups is 5. The molecule has 3 aliphatic heterocycles. The van der Waals surface area contributed by atoms with Gasteiger partial charge in [0.2, 0.25) is 11.8 Å². The first-order valence-corrected chi connectivity index (χ1v) is 11.6. The fraction of sp³-hybridized carbons (Fsp3) is 0.320. The first kappa shape index (κ1) is 22.6. The van der Waals surface area contributed by atoms with Crippen LogP contribution in [0.4, 0.5) is 10.5 Å². The average molecular weight is 476 g/mol. The lowest BCUT2D eigenvalue weighted by Gasteiger charge is -2.27. The lowest BCUT2D eigenvalue weighted by atomic mass is 10.0. The van der Waals surface area contributed by atoms with E-state index in [0.29, 0.717) is 26.0 Å². The predicted octanol–water partition coefficient (Wildman–Crippen LogP) is 1.78. The molecule has 3 aliphatic rings. The van der Waals surface area contributed by atoms with Crippen LogP contribution in [0.25, 0.3) is 0 Å². The van der Waals surface area contributed by atoms with Crippen LogP contribution in [0.3, 0.4) is 0 Å². The Bertz CT molecular complexity index is 1260. The fourth-order valence-electron chi connectivity index (χ4n) is 4.67. The van der Waals surface area contributed by atoms with Crippen LogP contribution in [-0.2, 0) is 22.4 Å². The minimum atomic E-state index is -0.983. The van der Waals surface area contributed by atoms with Gasteiger partial charge >= 0.3 is 6.03 Å². The van der Waals surface area contributed by atoms with E-state index in [0.717, 1.165) is 33.9 Å². The molecule has 1 fully saturated rings. The topological polar surface area (TPSA) is 134 Å². The van der Waals surface area contributed by atoms with Crippen molar-refractivity contribution in [3.05, 3.63) is 58.7 Å². The average Bonchev–Trinajstić information content (AvgIpc) is 3.41. The normalized spacial score (nSPS) is 18.6. The van der Waals surface area contributed by atoms with Crippen molar-refractivity contribution in [3.63, 3.8) is 0 Å². The highest BCUT2D eigenvalue weighted by atomic mass is 16.5. The largest absolute Gasteiger partial charge is 0.493 e. The van der Waals surface area contributed by atoms with Gasteiger partial charge < -0.3 is 15.4 Å². The van der Waals surface area contributed by atoms with Crippen molar-refractivity contribution in [2.45, 2.75) is 38.1 Å². The number of nitrogens with one attached hydrogen (secondary N) is 3. The molecule has 1 saturated heterocycles. The lowest BCUT2D eigenvalue weighted by molar-refractivity contribution is -0.136. The highest BCUT2D eigenvalue weighted by molar-refractivity contribution is 6.23. The molecule has 0 aliphatic carbocycles. The second-order valence-electron chi connectivity index (χ2n) is 8.69. The molecule has 3 N–H and O–H groups in total. The number of fused-ring (bicyclic) bond motifs is 2. The van der Waals surface area contributed by atoms with Gasteiger partial charge in [-0.05, 0) is 49.1 Å². The fourth-order valence-corrected chi connectivity index (χ4v) is 4.67.